The first kappa shape index (κ1) is 16.2. The summed E-state index contributed by atoms with van der Waals surface area (Å²) in [7, 11) is 0. The van der Waals surface area contributed by atoms with Crippen molar-refractivity contribution in [2.45, 2.75) is 77.1 Å². The van der Waals surface area contributed by atoms with Crippen LogP contribution in [0, 0.1) is 28.6 Å². The lowest BCUT2D eigenvalue weighted by atomic mass is 9.45. The fourth-order valence-electron chi connectivity index (χ4n) is 7.75. The van der Waals surface area contributed by atoms with Gasteiger partial charge in [0.15, 0.2) is 17.2 Å². The standard InChI is InChI=1S/C21H28O4/c1-11(22)21-17(25-21)9-15-14-5-4-12-8-13(23)6-7-19(12,2)18(14)16(24)10-20(15,21)3/h8,14-18,24H,4-7,9-10H2,1-3H3/t14-,15-,16+,17+,18+,19-,20-,21+/m1/s1. The van der Waals surface area contributed by atoms with Crippen LogP contribution in [-0.4, -0.2) is 34.5 Å². The minimum absolute atomic E-state index is 0.0589. The van der Waals surface area contributed by atoms with Gasteiger partial charge in [-0.2, -0.15) is 0 Å². The number of hydrogen-bond donors (Lipinski definition) is 1. The van der Waals surface area contributed by atoms with Gasteiger partial charge in [0.1, 0.15) is 0 Å². The van der Waals surface area contributed by atoms with Gasteiger partial charge < -0.3 is 9.84 Å². The van der Waals surface area contributed by atoms with E-state index in [1.54, 1.807) is 6.92 Å². The van der Waals surface area contributed by atoms with E-state index >= 15 is 0 Å². The van der Waals surface area contributed by atoms with Crippen molar-refractivity contribution in [3.8, 4) is 0 Å². The number of carbonyl (C=O) groups is 2. The van der Waals surface area contributed by atoms with Crippen LogP contribution in [-0.2, 0) is 14.3 Å². The van der Waals surface area contributed by atoms with Crippen molar-refractivity contribution in [3.05, 3.63) is 11.6 Å². The van der Waals surface area contributed by atoms with Gasteiger partial charge in [-0.3, -0.25) is 9.59 Å². The topological polar surface area (TPSA) is 66.9 Å². The molecule has 0 spiro atoms. The van der Waals surface area contributed by atoms with E-state index in [9.17, 15) is 14.7 Å². The van der Waals surface area contributed by atoms with Gasteiger partial charge in [-0.05, 0) is 68.3 Å². The smallest absolute Gasteiger partial charge is 0.164 e. The maximum Gasteiger partial charge on any atom is 0.164 e. The minimum atomic E-state index is -0.636. The molecular weight excluding hydrogens is 316 g/mol. The van der Waals surface area contributed by atoms with Gasteiger partial charge >= 0.3 is 0 Å². The number of fused-ring (bicyclic) bond motifs is 7. The number of ketones is 2. The summed E-state index contributed by atoms with van der Waals surface area (Å²) in [5.74, 6) is 1.46. The van der Waals surface area contributed by atoms with Crippen LogP contribution in [0.1, 0.15) is 59.3 Å². The fourth-order valence-corrected chi connectivity index (χ4v) is 7.75. The molecule has 1 saturated heterocycles. The monoisotopic (exact) mass is 344 g/mol. The first-order valence-corrected chi connectivity index (χ1v) is 9.85. The van der Waals surface area contributed by atoms with E-state index in [2.05, 4.69) is 13.8 Å². The quantitative estimate of drug-likeness (QED) is 0.743. The van der Waals surface area contributed by atoms with Gasteiger partial charge in [0.2, 0.25) is 0 Å². The van der Waals surface area contributed by atoms with E-state index < -0.39 is 11.7 Å². The molecule has 25 heavy (non-hydrogen) atoms. The second-order valence-corrected chi connectivity index (χ2v) is 9.71. The van der Waals surface area contributed by atoms with E-state index in [4.69, 9.17) is 4.74 Å². The van der Waals surface area contributed by atoms with E-state index in [0.29, 0.717) is 24.7 Å². The number of aliphatic hydroxyl groups is 1. The molecule has 1 aliphatic heterocycles. The third kappa shape index (κ3) is 1.71. The van der Waals surface area contributed by atoms with Crippen molar-refractivity contribution in [1.82, 2.24) is 0 Å². The number of ether oxygens (including phenoxy) is 1. The number of allylic oxidation sites excluding steroid dienone is 1. The molecule has 136 valence electrons. The van der Waals surface area contributed by atoms with Gasteiger partial charge in [-0.25, -0.2) is 0 Å². The molecule has 5 aliphatic rings. The van der Waals surface area contributed by atoms with Crippen LogP contribution in [0.5, 0.6) is 0 Å². The predicted octanol–water partition coefficient (Wildman–Crippen LogP) is 2.83. The number of aliphatic hydroxyl groups excluding tert-OH is 1. The summed E-state index contributed by atoms with van der Waals surface area (Å²) < 4.78 is 5.93. The Hall–Kier alpha value is -1.00. The Bertz CT molecular complexity index is 711. The van der Waals surface area contributed by atoms with Crippen LogP contribution < -0.4 is 0 Å². The number of hydrogen-bond acceptors (Lipinski definition) is 4. The van der Waals surface area contributed by atoms with Crippen LogP contribution in [0.2, 0.25) is 0 Å². The second kappa shape index (κ2) is 4.64. The van der Waals surface area contributed by atoms with Gasteiger partial charge in [0.05, 0.1) is 12.2 Å². The molecule has 4 heteroatoms. The van der Waals surface area contributed by atoms with Crippen LogP contribution in [0.4, 0.5) is 0 Å². The highest BCUT2D eigenvalue weighted by Crippen LogP contribution is 2.73. The molecule has 0 unspecified atom stereocenters. The molecule has 0 aromatic carbocycles. The molecule has 4 aliphatic carbocycles. The lowest BCUT2D eigenvalue weighted by Crippen LogP contribution is -2.59. The highest BCUT2D eigenvalue weighted by Gasteiger charge is 2.80. The summed E-state index contributed by atoms with van der Waals surface area (Å²) in [6.45, 7) is 6.10. The Morgan fingerprint density at radius 1 is 1.32 bits per heavy atom. The Labute approximate surface area is 149 Å². The SMILES string of the molecule is CC(=O)[C@]12O[C@H]1C[C@@H]1[C@H]3CCC4=CC(=O)CC[C@@]4(C)[C@@H]3[C@@H](O)C[C@]12C. The third-order valence-corrected chi connectivity index (χ3v) is 8.85. The third-order valence-electron chi connectivity index (χ3n) is 8.85. The lowest BCUT2D eigenvalue weighted by Gasteiger charge is -2.60. The van der Waals surface area contributed by atoms with Crippen molar-refractivity contribution < 1.29 is 19.4 Å². The average molecular weight is 344 g/mol. The van der Waals surface area contributed by atoms with Crippen molar-refractivity contribution in [3.63, 3.8) is 0 Å². The van der Waals surface area contributed by atoms with Crippen LogP contribution in [0.3, 0.4) is 0 Å². The van der Waals surface area contributed by atoms with Crippen LogP contribution >= 0.6 is 0 Å². The number of epoxide rings is 1. The first-order valence-electron chi connectivity index (χ1n) is 9.85. The van der Waals surface area contributed by atoms with Crippen molar-refractivity contribution >= 4 is 11.6 Å². The summed E-state index contributed by atoms with van der Waals surface area (Å²) in [6.07, 6.45) is 6.54. The van der Waals surface area contributed by atoms with Gasteiger partial charge in [-0.15, -0.1) is 0 Å². The van der Waals surface area contributed by atoms with E-state index in [0.717, 1.165) is 25.7 Å². The average Bonchev–Trinajstić information content (AvgIpc) is 3.22. The largest absolute Gasteiger partial charge is 0.393 e. The number of Topliss-reactive ketones (excluding diaryl/α,β-unsaturated/α-hetero) is 1. The van der Waals surface area contributed by atoms with E-state index in [1.165, 1.54) is 5.57 Å². The maximum absolute atomic E-state index is 12.4. The molecule has 0 bridgehead atoms. The number of carbonyl (C=O) groups excluding carboxylic acids is 2. The normalized spacial score (nSPS) is 56.2. The minimum Gasteiger partial charge on any atom is -0.393 e. The van der Waals surface area contributed by atoms with Gasteiger partial charge in [0.25, 0.3) is 0 Å². The molecule has 1 N–H and O–H groups in total. The molecular formula is C21H28O4. The molecule has 0 aromatic heterocycles. The highest BCUT2D eigenvalue weighted by atomic mass is 16.6. The molecule has 8 atom stereocenters. The molecule has 0 radical (unpaired) electrons. The molecule has 3 saturated carbocycles. The lowest BCUT2D eigenvalue weighted by molar-refractivity contribution is -0.158. The zero-order valence-electron chi connectivity index (χ0n) is 15.4. The Morgan fingerprint density at radius 2 is 2.08 bits per heavy atom. The Morgan fingerprint density at radius 3 is 2.80 bits per heavy atom. The molecule has 5 rings (SSSR count). The Kier molecular flexibility index (Phi) is 3.00. The highest BCUT2D eigenvalue weighted by molar-refractivity contribution is 5.92. The fraction of sp³-hybridized carbons (Fsp3) is 0.810. The zero-order chi connectivity index (χ0) is 17.8. The molecule has 4 nitrogen and oxygen atoms in total. The van der Waals surface area contributed by atoms with Crippen molar-refractivity contribution in [2.24, 2.45) is 28.6 Å². The van der Waals surface area contributed by atoms with Gasteiger partial charge in [0, 0.05) is 11.8 Å². The number of rotatable bonds is 1. The second-order valence-electron chi connectivity index (χ2n) is 9.71. The van der Waals surface area contributed by atoms with E-state index in [-0.39, 0.29) is 34.4 Å². The van der Waals surface area contributed by atoms with Crippen LogP contribution in [0.15, 0.2) is 11.6 Å². The zero-order valence-corrected chi connectivity index (χ0v) is 15.4. The van der Waals surface area contributed by atoms with Crippen molar-refractivity contribution in [2.75, 3.05) is 0 Å². The van der Waals surface area contributed by atoms with Crippen molar-refractivity contribution in [1.29, 1.82) is 0 Å². The summed E-state index contributed by atoms with van der Waals surface area (Å²) in [5.41, 5.74) is 0.317. The van der Waals surface area contributed by atoms with E-state index in [1.807, 2.05) is 6.08 Å². The molecule has 0 aromatic rings. The summed E-state index contributed by atoms with van der Waals surface area (Å²) in [4.78, 5) is 24.3. The summed E-state index contributed by atoms with van der Waals surface area (Å²) in [6, 6.07) is 0. The summed E-state index contributed by atoms with van der Waals surface area (Å²) in [5, 5.41) is 11.2. The Balaban J connectivity index is 1.56. The predicted molar refractivity (Wildman–Crippen MR) is 91.8 cm³/mol. The molecule has 1 heterocycles. The van der Waals surface area contributed by atoms with Gasteiger partial charge in [-0.1, -0.05) is 19.4 Å². The van der Waals surface area contributed by atoms with Crippen LogP contribution in [0.25, 0.3) is 0 Å². The molecule has 0 amide bonds. The maximum atomic E-state index is 12.4. The molecule has 4 fully saturated rings. The first-order chi connectivity index (χ1) is 11.7. The summed E-state index contributed by atoms with van der Waals surface area (Å²) >= 11 is 0.